The van der Waals surface area contributed by atoms with Crippen LogP contribution in [0.25, 0.3) is 0 Å². The van der Waals surface area contributed by atoms with Gasteiger partial charge in [0.05, 0.1) is 18.2 Å². The van der Waals surface area contributed by atoms with Gasteiger partial charge in [-0.2, -0.15) is 0 Å². The molecule has 1 fully saturated rings. The van der Waals surface area contributed by atoms with Gasteiger partial charge in [0.2, 0.25) is 0 Å². The van der Waals surface area contributed by atoms with E-state index in [1.165, 1.54) is 0 Å². The molecule has 0 spiro atoms. The van der Waals surface area contributed by atoms with Crippen LogP contribution in [0.5, 0.6) is 0 Å². The highest BCUT2D eigenvalue weighted by molar-refractivity contribution is 7.80. The molecule has 13 heavy (non-hydrogen) atoms. The lowest BCUT2D eigenvalue weighted by atomic mass is 10.1. The third-order valence-corrected chi connectivity index (χ3v) is 2.76. The molecule has 72 valence electrons. The summed E-state index contributed by atoms with van der Waals surface area (Å²) < 4.78 is 5.30. The molecule has 4 heteroatoms. The molecule has 0 aromatic carbocycles. The molecular formula is C9H14N2OS. The minimum atomic E-state index is 0.484. The zero-order chi connectivity index (χ0) is 9.10. The molecule has 2 aliphatic rings. The van der Waals surface area contributed by atoms with Gasteiger partial charge < -0.3 is 10.1 Å². The standard InChI is InChI=1S/C9H14N2OS/c13-9-7-8(1-2-10-9)11-3-5-12-6-4-11/h1-2,8H,3-7H2,(H,10,13). The molecule has 1 atom stereocenters. The second-order valence-corrected chi connectivity index (χ2v) is 3.84. The lowest BCUT2D eigenvalue weighted by Gasteiger charge is -2.34. The Morgan fingerprint density at radius 3 is 2.92 bits per heavy atom. The molecule has 0 amide bonds. The summed E-state index contributed by atoms with van der Waals surface area (Å²) in [6.45, 7) is 3.75. The number of rotatable bonds is 1. The summed E-state index contributed by atoms with van der Waals surface area (Å²) in [5.41, 5.74) is 0. The molecule has 0 aliphatic carbocycles. The van der Waals surface area contributed by atoms with Crippen molar-refractivity contribution in [3.8, 4) is 0 Å². The van der Waals surface area contributed by atoms with E-state index in [1.54, 1.807) is 0 Å². The Morgan fingerprint density at radius 1 is 1.46 bits per heavy atom. The number of nitrogens with one attached hydrogen (secondary N) is 1. The van der Waals surface area contributed by atoms with Gasteiger partial charge in [0, 0.05) is 25.6 Å². The van der Waals surface area contributed by atoms with E-state index in [1.807, 2.05) is 6.20 Å². The summed E-state index contributed by atoms with van der Waals surface area (Å²) in [4.78, 5) is 3.37. The Kier molecular flexibility index (Phi) is 2.93. The first-order valence-corrected chi connectivity index (χ1v) is 5.05. The number of hydrogen-bond acceptors (Lipinski definition) is 3. The molecule has 2 heterocycles. The fraction of sp³-hybridized carbons (Fsp3) is 0.667. The topological polar surface area (TPSA) is 24.5 Å². The van der Waals surface area contributed by atoms with E-state index in [0.29, 0.717) is 6.04 Å². The fourth-order valence-corrected chi connectivity index (χ4v) is 1.97. The fourth-order valence-electron chi connectivity index (χ4n) is 1.73. The minimum Gasteiger partial charge on any atom is -0.379 e. The number of hydrogen-bond donors (Lipinski definition) is 1. The van der Waals surface area contributed by atoms with Crippen molar-refractivity contribution in [1.29, 1.82) is 0 Å². The Morgan fingerprint density at radius 2 is 2.23 bits per heavy atom. The molecule has 1 unspecified atom stereocenters. The van der Waals surface area contributed by atoms with Gasteiger partial charge in [-0.25, -0.2) is 0 Å². The van der Waals surface area contributed by atoms with Crippen LogP contribution in [0.4, 0.5) is 0 Å². The third kappa shape index (κ3) is 2.27. The van der Waals surface area contributed by atoms with E-state index in [9.17, 15) is 0 Å². The molecule has 2 aliphatic heterocycles. The van der Waals surface area contributed by atoms with E-state index in [0.717, 1.165) is 37.7 Å². The van der Waals surface area contributed by atoms with E-state index in [4.69, 9.17) is 17.0 Å². The van der Waals surface area contributed by atoms with Crippen LogP contribution >= 0.6 is 12.2 Å². The first-order valence-electron chi connectivity index (χ1n) is 4.64. The summed E-state index contributed by atoms with van der Waals surface area (Å²) in [5, 5.41) is 3.04. The van der Waals surface area contributed by atoms with Crippen molar-refractivity contribution in [1.82, 2.24) is 10.2 Å². The van der Waals surface area contributed by atoms with E-state index < -0.39 is 0 Å². The number of morpholine rings is 1. The molecule has 0 radical (unpaired) electrons. The first kappa shape index (κ1) is 9.12. The number of nitrogens with zero attached hydrogens (tertiary/aromatic N) is 1. The molecule has 1 saturated heterocycles. The van der Waals surface area contributed by atoms with Crippen LogP contribution in [-0.2, 0) is 4.74 Å². The molecule has 0 aromatic heterocycles. The summed E-state index contributed by atoms with van der Waals surface area (Å²) in [5.74, 6) is 0. The lowest BCUT2D eigenvalue weighted by molar-refractivity contribution is 0.0264. The molecular weight excluding hydrogens is 184 g/mol. The van der Waals surface area contributed by atoms with Gasteiger partial charge in [0.15, 0.2) is 0 Å². The monoisotopic (exact) mass is 198 g/mol. The normalized spacial score (nSPS) is 30.2. The van der Waals surface area contributed by atoms with Crippen molar-refractivity contribution in [2.75, 3.05) is 26.3 Å². The predicted molar refractivity (Wildman–Crippen MR) is 55.7 cm³/mol. The van der Waals surface area contributed by atoms with Crippen molar-refractivity contribution in [2.45, 2.75) is 12.5 Å². The summed E-state index contributed by atoms with van der Waals surface area (Å²) in [6, 6.07) is 0.484. The van der Waals surface area contributed by atoms with Crippen molar-refractivity contribution in [3.05, 3.63) is 12.3 Å². The zero-order valence-electron chi connectivity index (χ0n) is 7.53. The van der Waals surface area contributed by atoms with Gasteiger partial charge >= 0.3 is 0 Å². The van der Waals surface area contributed by atoms with Gasteiger partial charge in [-0.1, -0.05) is 18.3 Å². The largest absolute Gasteiger partial charge is 0.379 e. The van der Waals surface area contributed by atoms with Crippen LogP contribution < -0.4 is 5.32 Å². The molecule has 1 N–H and O–H groups in total. The average Bonchev–Trinajstić information content (AvgIpc) is 2.19. The van der Waals surface area contributed by atoms with Crippen LogP contribution in [-0.4, -0.2) is 42.2 Å². The van der Waals surface area contributed by atoms with Gasteiger partial charge in [-0.15, -0.1) is 0 Å². The molecule has 3 nitrogen and oxygen atoms in total. The van der Waals surface area contributed by atoms with E-state index >= 15 is 0 Å². The minimum absolute atomic E-state index is 0.484. The maximum absolute atomic E-state index is 5.30. The number of ether oxygens (including phenoxy) is 1. The van der Waals surface area contributed by atoms with Crippen LogP contribution in [0, 0.1) is 0 Å². The van der Waals surface area contributed by atoms with Crippen molar-refractivity contribution in [2.24, 2.45) is 0 Å². The van der Waals surface area contributed by atoms with Crippen LogP contribution in [0.15, 0.2) is 12.3 Å². The Hall–Kier alpha value is -0.450. The van der Waals surface area contributed by atoms with Crippen LogP contribution in [0.3, 0.4) is 0 Å². The van der Waals surface area contributed by atoms with Gasteiger partial charge in [-0.3, -0.25) is 4.90 Å². The second kappa shape index (κ2) is 4.17. The highest BCUT2D eigenvalue weighted by atomic mass is 32.1. The third-order valence-electron chi connectivity index (χ3n) is 2.47. The molecule has 2 rings (SSSR count). The highest BCUT2D eigenvalue weighted by Gasteiger charge is 2.21. The zero-order valence-corrected chi connectivity index (χ0v) is 8.35. The maximum Gasteiger partial charge on any atom is 0.0811 e. The quantitative estimate of drug-likeness (QED) is 0.621. The summed E-state index contributed by atoms with van der Waals surface area (Å²) >= 11 is 5.13. The molecule has 0 saturated carbocycles. The smallest absolute Gasteiger partial charge is 0.0811 e. The van der Waals surface area contributed by atoms with Gasteiger partial charge in [-0.05, 0) is 6.20 Å². The molecule has 0 aromatic rings. The highest BCUT2D eigenvalue weighted by Crippen LogP contribution is 2.12. The molecule has 0 bridgehead atoms. The number of thiocarbonyl (C=S) groups is 1. The van der Waals surface area contributed by atoms with E-state index in [2.05, 4.69) is 16.3 Å². The maximum atomic E-state index is 5.30. The first-order chi connectivity index (χ1) is 6.36. The van der Waals surface area contributed by atoms with Crippen LogP contribution in [0.2, 0.25) is 0 Å². The SMILES string of the molecule is S=C1CC(N2CCOCC2)C=CN1. The Balaban J connectivity index is 1.94. The average molecular weight is 198 g/mol. The Labute approximate surface area is 83.7 Å². The van der Waals surface area contributed by atoms with Crippen molar-refractivity contribution >= 4 is 17.2 Å². The Bertz CT molecular complexity index is 224. The van der Waals surface area contributed by atoms with Crippen LogP contribution in [0.1, 0.15) is 6.42 Å². The summed E-state index contributed by atoms with van der Waals surface area (Å²) in [7, 11) is 0. The second-order valence-electron chi connectivity index (χ2n) is 3.35. The van der Waals surface area contributed by atoms with Gasteiger partial charge in [0.25, 0.3) is 0 Å². The van der Waals surface area contributed by atoms with Gasteiger partial charge in [0.1, 0.15) is 0 Å². The van der Waals surface area contributed by atoms with Crippen molar-refractivity contribution < 1.29 is 4.74 Å². The lowest BCUT2D eigenvalue weighted by Crippen LogP contribution is -2.45. The summed E-state index contributed by atoms with van der Waals surface area (Å²) in [6.07, 6.45) is 5.08. The predicted octanol–water partition coefficient (Wildman–Crippen LogP) is 0.522. The van der Waals surface area contributed by atoms with Crippen molar-refractivity contribution in [3.63, 3.8) is 0 Å². The van der Waals surface area contributed by atoms with E-state index in [-0.39, 0.29) is 0 Å².